The fourth-order valence-electron chi connectivity index (χ4n) is 2.82. The van der Waals surface area contributed by atoms with E-state index < -0.39 is 16.2 Å². The number of amides is 1. The minimum atomic E-state index is -3.42. The van der Waals surface area contributed by atoms with Gasteiger partial charge in [0, 0.05) is 26.1 Å². The van der Waals surface area contributed by atoms with Crippen molar-refractivity contribution in [3.63, 3.8) is 0 Å². The number of nitrogens with one attached hydrogen (secondary N) is 1. The lowest BCUT2D eigenvalue weighted by atomic mass is 10.1. The minimum absolute atomic E-state index is 0.0199. The van der Waals surface area contributed by atoms with Crippen molar-refractivity contribution in [3.8, 4) is 0 Å². The van der Waals surface area contributed by atoms with E-state index in [0.717, 1.165) is 0 Å². The van der Waals surface area contributed by atoms with E-state index in [0.29, 0.717) is 32.2 Å². The van der Waals surface area contributed by atoms with Crippen LogP contribution in [0.25, 0.3) is 0 Å². The highest BCUT2D eigenvalue weighted by Gasteiger charge is 2.31. The summed E-state index contributed by atoms with van der Waals surface area (Å²) < 4.78 is 39.6. The Labute approximate surface area is 113 Å². The lowest BCUT2D eigenvalue weighted by Crippen LogP contribution is -2.47. The summed E-state index contributed by atoms with van der Waals surface area (Å²) in [6.45, 7) is 0.571. The zero-order chi connectivity index (χ0) is 14.0. The Morgan fingerprint density at radius 1 is 1.37 bits per heavy atom. The molecule has 110 valence electrons. The number of nitrogens with zero attached hydrogens (tertiary/aromatic N) is 1. The number of carbonyl (C=O) groups is 1. The molecule has 7 heteroatoms. The third kappa shape index (κ3) is 4.14. The minimum Gasteiger partial charge on any atom is -0.346 e. The topological polar surface area (TPSA) is 66.5 Å². The summed E-state index contributed by atoms with van der Waals surface area (Å²) in [5.41, 5.74) is 0. The van der Waals surface area contributed by atoms with Gasteiger partial charge in [-0.3, -0.25) is 4.79 Å². The van der Waals surface area contributed by atoms with Crippen LogP contribution in [0.5, 0.6) is 0 Å². The fraction of sp³-hybridized carbons (Fsp3) is 0.917. The van der Waals surface area contributed by atoms with Crippen LogP contribution < -0.4 is 4.72 Å². The largest absolute Gasteiger partial charge is 0.346 e. The average molecular weight is 292 g/mol. The first-order valence-corrected chi connectivity index (χ1v) is 8.39. The number of hydrogen-bond donors (Lipinski definition) is 1. The number of piperidine rings is 1. The average Bonchev–Trinajstić information content (AvgIpc) is 2.68. The first-order valence-electron chi connectivity index (χ1n) is 6.74. The van der Waals surface area contributed by atoms with E-state index in [-0.39, 0.29) is 30.0 Å². The van der Waals surface area contributed by atoms with Crippen LogP contribution in [0.1, 0.15) is 32.1 Å². The van der Waals surface area contributed by atoms with Gasteiger partial charge in [0.2, 0.25) is 15.9 Å². The van der Waals surface area contributed by atoms with Crippen LogP contribution in [0.4, 0.5) is 4.39 Å². The third-order valence-electron chi connectivity index (χ3n) is 3.94. The van der Waals surface area contributed by atoms with Gasteiger partial charge in [-0.15, -0.1) is 0 Å². The summed E-state index contributed by atoms with van der Waals surface area (Å²) in [5.74, 6) is -0.147. The van der Waals surface area contributed by atoms with Crippen molar-refractivity contribution < 1.29 is 17.6 Å². The Bertz CT molecular complexity index is 440. The molecule has 1 saturated carbocycles. The molecule has 5 nitrogen and oxygen atoms in total. The van der Waals surface area contributed by atoms with Gasteiger partial charge in [0.15, 0.2) is 0 Å². The Kier molecular flexibility index (Phi) is 4.45. The molecule has 0 aromatic carbocycles. The van der Waals surface area contributed by atoms with Crippen LogP contribution in [-0.4, -0.2) is 50.8 Å². The molecule has 3 unspecified atom stereocenters. The van der Waals surface area contributed by atoms with Crippen molar-refractivity contribution in [2.45, 2.75) is 44.3 Å². The molecular weight excluding hydrogens is 271 g/mol. The molecule has 3 atom stereocenters. The van der Waals surface area contributed by atoms with Crippen LogP contribution in [0.3, 0.4) is 0 Å². The normalized spacial score (nSPS) is 32.8. The third-order valence-corrected chi connectivity index (χ3v) is 5.54. The van der Waals surface area contributed by atoms with E-state index in [1.54, 1.807) is 11.9 Å². The zero-order valence-corrected chi connectivity index (χ0v) is 12.0. The van der Waals surface area contributed by atoms with Gasteiger partial charge in [0.25, 0.3) is 0 Å². The molecular formula is C12H21FN2O3S. The monoisotopic (exact) mass is 292 g/mol. The van der Waals surface area contributed by atoms with Crippen molar-refractivity contribution in [1.29, 1.82) is 0 Å². The SMILES string of the molecule is CN1CCC(NS(=O)(=O)CC2CCC(F)C2)CC1=O. The van der Waals surface area contributed by atoms with Crippen LogP contribution in [-0.2, 0) is 14.8 Å². The summed E-state index contributed by atoms with van der Waals surface area (Å²) in [6, 6.07) is -0.309. The molecule has 19 heavy (non-hydrogen) atoms. The van der Waals surface area contributed by atoms with Gasteiger partial charge in [0.1, 0.15) is 6.17 Å². The van der Waals surface area contributed by atoms with Crippen molar-refractivity contribution in [2.24, 2.45) is 5.92 Å². The highest BCUT2D eigenvalue weighted by atomic mass is 32.2. The lowest BCUT2D eigenvalue weighted by molar-refractivity contribution is -0.132. The maximum Gasteiger partial charge on any atom is 0.223 e. The summed E-state index contributed by atoms with van der Waals surface area (Å²) in [7, 11) is -1.70. The van der Waals surface area contributed by atoms with E-state index in [1.807, 2.05) is 0 Å². The van der Waals surface area contributed by atoms with E-state index in [9.17, 15) is 17.6 Å². The van der Waals surface area contributed by atoms with Gasteiger partial charge in [-0.05, 0) is 31.6 Å². The highest BCUT2D eigenvalue weighted by molar-refractivity contribution is 7.89. The maximum absolute atomic E-state index is 13.0. The van der Waals surface area contributed by atoms with Crippen molar-refractivity contribution in [1.82, 2.24) is 9.62 Å². The second kappa shape index (κ2) is 5.75. The van der Waals surface area contributed by atoms with Gasteiger partial charge in [0.05, 0.1) is 5.75 Å². The van der Waals surface area contributed by atoms with Crippen LogP contribution in [0.2, 0.25) is 0 Å². The molecule has 1 aliphatic carbocycles. The number of likely N-dealkylation sites (tertiary alicyclic amines) is 1. The van der Waals surface area contributed by atoms with E-state index in [4.69, 9.17) is 0 Å². The van der Waals surface area contributed by atoms with Crippen LogP contribution in [0, 0.1) is 5.92 Å². The quantitative estimate of drug-likeness (QED) is 0.828. The van der Waals surface area contributed by atoms with E-state index in [1.165, 1.54) is 0 Å². The molecule has 0 aromatic rings. The second-order valence-electron chi connectivity index (χ2n) is 5.68. The molecule has 2 aliphatic rings. The van der Waals surface area contributed by atoms with Gasteiger partial charge in [-0.25, -0.2) is 17.5 Å². The molecule has 0 spiro atoms. The number of rotatable bonds is 4. The Balaban J connectivity index is 1.85. The number of carbonyl (C=O) groups excluding carboxylic acids is 1. The van der Waals surface area contributed by atoms with Crippen LogP contribution in [0.15, 0.2) is 0 Å². The summed E-state index contributed by atoms with van der Waals surface area (Å²) in [4.78, 5) is 13.1. The molecule has 1 saturated heterocycles. The van der Waals surface area contributed by atoms with Gasteiger partial charge < -0.3 is 4.90 Å². The Hall–Kier alpha value is -0.690. The maximum atomic E-state index is 13.0. The molecule has 2 rings (SSSR count). The highest BCUT2D eigenvalue weighted by Crippen LogP contribution is 2.28. The summed E-state index contributed by atoms with van der Waals surface area (Å²) in [5, 5.41) is 0. The van der Waals surface area contributed by atoms with E-state index >= 15 is 0 Å². The summed E-state index contributed by atoms with van der Waals surface area (Å²) >= 11 is 0. The molecule has 0 aromatic heterocycles. The van der Waals surface area contributed by atoms with E-state index in [2.05, 4.69) is 4.72 Å². The number of alkyl halides is 1. The van der Waals surface area contributed by atoms with Crippen LogP contribution >= 0.6 is 0 Å². The standard InChI is InChI=1S/C12H21FN2O3S/c1-15-5-4-11(7-12(15)16)14-19(17,18)8-9-2-3-10(13)6-9/h9-11,14H,2-8H2,1H3. The first-order chi connectivity index (χ1) is 8.85. The molecule has 2 fully saturated rings. The Morgan fingerprint density at radius 3 is 2.68 bits per heavy atom. The lowest BCUT2D eigenvalue weighted by Gasteiger charge is -2.29. The predicted octanol–water partition coefficient (Wildman–Crippen LogP) is 0.665. The second-order valence-corrected chi connectivity index (χ2v) is 7.48. The zero-order valence-electron chi connectivity index (χ0n) is 11.1. The Morgan fingerprint density at radius 2 is 2.11 bits per heavy atom. The molecule has 0 radical (unpaired) electrons. The summed E-state index contributed by atoms with van der Waals surface area (Å²) in [6.07, 6.45) is 1.43. The van der Waals surface area contributed by atoms with Gasteiger partial charge in [-0.2, -0.15) is 0 Å². The predicted molar refractivity (Wildman–Crippen MR) is 69.8 cm³/mol. The molecule has 0 bridgehead atoms. The smallest absolute Gasteiger partial charge is 0.223 e. The number of halogens is 1. The van der Waals surface area contributed by atoms with Gasteiger partial charge in [-0.1, -0.05) is 0 Å². The molecule has 1 N–H and O–H groups in total. The molecule has 1 aliphatic heterocycles. The molecule has 1 heterocycles. The molecule has 1 amide bonds. The van der Waals surface area contributed by atoms with Crippen molar-refractivity contribution in [2.75, 3.05) is 19.3 Å². The van der Waals surface area contributed by atoms with Crippen molar-refractivity contribution in [3.05, 3.63) is 0 Å². The van der Waals surface area contributed by atoms with Gasteiger partial charge >= 0.3 is 0 Å². The number of hydrogen-bond acceptors (Lipinski definition) is 3. The van der Waals surface area contributed by atoms with Crippen molar-refractivity contribution >= 4 is 15.9 Å². The first kappa shape index (κ1) is 14.7. The fourth-order valence-corrected chi connectivity index (χ4v) is 4.55. The number of sulfonamides is 1.